The highest BCUT2D eigenvalue weighted by molar-refractivity contribution is 9.11. The van der Waals surface area contributed by atoms with Gasteiger partial charge in [0.15, 0.2) is 0 Å². The van der Waals surface area contributed by atoms with E-state index in [-0.39, 0.29) is 6.03 Å². The Kier molecular flexibility index (Phi) is 6.54. The molecule has 2 aliphatic rings. The van der Waals surface area contributed by atoms with Crippen molar-refractivity contribution in [3.63, 3.8) is 0 Å². The van der Waals surface area contributed by atoms with Gasteiger partial charge in [-0.25, -0.2) is 4.79 Å². The first kappa shape index (κ1) is 19.7. The highest BCUT2D eigenvalue weighted by Gasteiger charge is 2.25. The predicted molar refractivity (Wildman–Crippen MR) is 119 cm³/mol. The molecule has 0 aliphatic carbocycles. The quantitative estimate of drug-likeness (QED) is 0.732. The zero-order chi connectivity index (χ0) is 19.3. The second-order valence-electron chi connectivity index (χ2n) is 7.59. The number of rotatable bonds is 5. The monoisotopic (exact) mass is 462 g/mol. The number of urea groups is 1. The number of hydrogen-bond donors (Lipinski definition) is 1. The number of thiophene rings is 1. The van der Waals surface area contributed by atoms with Crippen LogP contribution in [-0.2, 0) is 6.54 Å². The highest BCUT2D eigenvalue weighted by atomic mass is 79.9. The minimum Gasteiger partial charge on any atom is -0.371 e. The number of para-hydroxylation sites is 1. The van der Waals surface area contributed by atoms with Crippen molar-refractivity contribution in [1.29, 1.82) is 0 Å². The van der Waals surface area contributed by atoms with Gasteiger partial charge in [0.2, 0.25) is 0 Å². The fraction of sp³-hybridized carbons (Fsp3) is 0.476. The van der Waals surface area contributed by atoms with E-state index < -0.39 is 0 Å². The molecule has 1 unspecified atom stereocenters. The average molecular weight is 463 g/mol. The van der Waals surface area contributed by atoms with E-state index in [1.807, 2.05) is 4.90 Å². The number of nitrogens with zero attached hydrogens (tertiary/aromatic N) is 3. The summed E-state index contributed by atoms with van der Waals surface area (Å²) >= 11 is 5.31. The molecule has 0 bridgehead atoms. The van der Waals surface area contributed by atoms with Crippen LogP contribution in [0.4, 0.5) is 10.5 Å². The van der Waals surface area contributed by atoms with Crippen LogP contribution in [0.3, 0.4) is 0 Å². The van der Waals surface area contributed by atoms with Gasteiger partial charge in [0.05, 0.1) is 3.79 Å². The van der Waals surface area contributed by atoms with Gasteiger partial charge in [-0.1, -0.05) is 18.2 Å². The number of halogens is 1. The molecule has 0 saturated carbocycles. The summed E-state index contributed by atoms with van der Waals surface area (Å²) in [6.45, 7) is 7.33. The van der Waals surface area contributed by atoms with Crippen LogP contribution in [0.1, 0.15) is 11.3 Å². The Balaban J connectivity index is 1.17. The van der Waals surface area contributed by atoms with Crippen LogP contribution < -0.4 is 10.2 Å². The van der Waals surface area contributed by atoms with Crippen LogP contribution in [0.25, 0.3) is 0 Å². The van der Waals surface area contributed by atoms with Crippen molar-refractivity contribution in [2.24, 2.45) is 5.92 Å². The minimum atomic E-state index is 0.0941. The Morgan fingerprint density at radius 3 is 2.57 bits per heavy atom. The fourth-order valence-corrected chi connectivity index (χ4v) is 5.51. The maximum absolute atomic E-state index is 12.6. The molecular formula is C21H27BrN4OS. The maximum Gasteiger partial charge on any atom is 0.317 e. The zero-order valence-electron chi connectivity index (χ0n) is 16.0. The lowest BCUT2D eigenvalue weighted by Gasteiger charge is -2.34. The standard InChI is InChI=1S/C21H27BrN4OS/c22-20-7-6-19(28-20)16-24-10-12-25(13-11-24)21(27)23-14-17-8-9-26(15-17)18-4-2-1-3-5-18/h1-7,17H,8-16H2,(H,23,27). The van der Waals surface area contributed by atoms with Gasteiger partial charge in [-0.3, -0.25) is 4.90 Å². The molecule has 0 radical (unpaired) electrons. The fourth-order valence-electron chi connectivity index (χ4n) is 3.98. The Bertz CT molecular complexity index is 776. The summed E-state index contributed by atoms with van der Waals surface area (Å²) in [5, 5.41) is 3.17. The first-order chi connectivity index (χ1) is 13.7. The van der Waals surface area contributed by atoms with Crippen molar-refractivity contribution < 1.29 is 4.79 Å². The molecule has 1 aromatic heterocycles. The van der Waals surface area contributed by atoms with Gasteiger partial charge in [0.1, 0.15) is 0 Å². The first-order valence-corrected chi connectivity index (χ1v) is 11.6. The molecular weight excluding hydrogens is 436 g/mol. The van der Waals surface area contributed by atoms with Crippen LogP contribution in [0, 0.1) is 5.92 Å². The molecule has 1 N–H and O–H groups in total. The summed E-state index contributed by atoms with van der Waals surface area (Å²) in [6.07, 6.45) is 1.14. The summed E-state index contributed by atoms with van der Waals surface area (Å²) < 4.78 is 1.18. The predicted octanol–water partition coefficient (Wildman–Crippen LogP) is 3.86. The molecule has 3 heterocycles. The second kappa shape index (κ2) is 9.29. The number of piperazine rings is 1. The van der Waals surface area contributed by atoms with Gasteiger partial charge in [0.25, 0.3) is 0 Å². The SMILES string of the molecule is O=C(NCC1CCN(c2ccccc2)C1)N1CCN(Cc2ccc(Br)s2)CC1. The molecule has 1 atom stereocenters. The summed E-state index contributed by atoms with van der Waals surface area (Å²) in [5.74, 6) is 0.530. The lowest BCUT2D eigenvalue weighted by molar-refractivity contribution is 0.135. The summed E-state index contributed by atoms with van der Waals surface area (Å²) in [4.78, 5) is 20.7. The van der Waals surface area contributed by atoms with E-state index in [1.54, 1.807) is 11.3 Å². The van der Waals surface area contributed by atoms with Gasteiger partial charge in [-0.15, -0.1) is 11.3 Å². The summed E-state index contributed by atoms with van der Waals surface area (Å²) in [5.41, 5.74) is 1.28. The lowest BCUT2D eigenvalue weighted by Crippen LogP contribution is -2.52. The molecule has 28 heavy (non-hydrogen) atoms. The zero-order valence-corrected chi connectivity index (χ0v) is 18.4. The average Bonchev–Trinajstić information content (AvgIpc) is 3.36. The van der Waals surface area contributed by atoms with E-state index in [0.717, 1.165) is 58.8 Å². The van der Waals surface area contributed by atoms with Crippen molar-refractivity contribution in [2.75, 3.05) is 50.7 Å². The molecule has 2 amide bonds. The van der Waals surface area contributed by atoms with Gasteiger partial charge in [-0.2, -0.15) is 0 Å². The molecule has 2 aliphatic heterocycles. The second-order valence-corrected chi connectivity index (χ2v) is 10.1. The van der Waals surface area contributed by atoms with Crippen LogP contribution in [0.15, 0.2) is 46.3 Å². The van der Waals surface area contributed by atoms with Crippen LogP contribution in [0.5, 0.6) is 0 Å². The van der Waals surface area contributed by atoms with Gasteiger partial charge < -0.3 is 15.1 Å². The third kappa shape index (κ3) is 5.07. The van der Waals surface area contributed by atoms with Crippen LogP contribution in [-0.4, -0.2) is 61.6 Å². The first-order valence-electron chi connectivity index (χ1n) is 9.97. The lowest BCUT2D eigenvalue weighted by atomic mass is 10.1. The topological polar surface area (TPSA) is 38.8 Å². The third-order valence-corrected chi connectivity index (χ3v) is 7.23. The highest BCUT2D eigenvalue weighted by Crippen LogP contribution is 2.24. The maximum atomic E-state index is 12.6. The molecule has 2 fully saturated rings. The minimum absolute atomic E-state index is 0.0941. The van der Waals surface area contributed by atoms with Crippen molar-refractivity contribution in [3.8, 4) is 0 Å². The van der Waals surface area contributed by atoms with Crippen LogP contribution >= 0.6 is 27.3 Å². The number of benzene rings is 1. The van der Waals surface area contributed by atoms with E-state index >= 15 is 0 Å². The number of amides is 2. The molecule has 5 nitrogen and oxygen atoms in total. The smallest absolute Gasteiger partial charge is 0.317 e. The molecule has 2 saturated heterocycles. The van der Waals surface area contributed by atoms with Gasteiger partial charge in [0, 0.05) is 62.9 Å². The number of carbonyl (C=O) groups excluding carboxylic acids is 1. The van der Waals surface area contributed by atoms with E-state index in [1.165, 1.54) is 14.4 Å². The van der Waals surface area contributed by atoms with E-state index in [4.69, 9.17) is 0 Å². The largest absolute Gasteiger partial charge is 0.371 e. The third-order valence-electron chi connectivity index (χ3n) is 5.62. The molecule has 1 aromatic carbocycles. The normalized spacial score (nSPS) is 20.5. The number of nitrogens with one attached hydrogen (secondary N) is 1. The molecule has 2 aromatic rings. The van der Waals surface area contributed by atoms with E-state index in [9.17, 15) is 4.79 Å². The number of hydrogen-bond acceptors (Lipinski definition) is 4. The Morgan fingerprint density at radius 1 is 1.07 bits per heavy atom. The Labute approximate surface area is 179 Å². The molecule has 150 valence electrons. The summed E-state index contributed by atoms with van der Waals surface area (Å²) in [7, 11) is 0. The Hall–Kier alpha value is -1.57. The summed E-state index contributed by atoms with van der Waals surface area (Å²) in [6, 6.07) is 14.9. The van der Waals surface area contributed by atoms with Crippen molar-refractivity contribution in [1.82, 2.24) is 15.1 Å². The van der Waals surface area contributed by atoms with E-state index in [0.29, 0.717) is 5.92 Å². The number of carbonyl (C=O) groups is 1. The number of anilines is 1. The van der Waals surface area contributed by atoms with Crippen molar-refractivity contribution >= 4 is 39.0 Å². The molecule has 0 spiro atoms. The molecule has 4 rings (SSSR count). The van der Waals surface area contributed by atoms with Crippen LogP contribution in [0.2, 0.25) is 0 Å². The van der Waals surface area contributed by atoms with Gasteiger partial charge >= 0.3 is 6.03 Å². The van der Waals surface area contributed by atoms with Crippen molar-refractivity contribution in [2.45, 2.75) is 13.0 Å². The molecule has 7 heteroatoms. The van der Waals surface area contributed by atoms with Crippen molar-refractivity contribution in [3.05, 3.63) is 51.1 Å². The Morgan fingerprint density at radius 2 is 1.86 bits per heavy atom. The van der Waals surface area contributed by atoms with Gasteiger partial charge in [-0.05, 0) is 52.5 Å². The van der Waals surface area contributed by atoms with E-state index in [2.05, 4.69) is 73.5 Å².